The molecule has 9 nitrogen and oxygen atoms in total. The Kier molecular flexibility index (Phi) is 7.20. The van der Waals surface area contributed by atoms with Gasteiger partial charge in [0.05, 0.1) is 25.4 Å². The number of amides is 2. The van der Waals surface area contributed by atoms with Crippen molar-refractivity contribution in [1.29, 1.82) is 0 Å². The minimum atomic E-state index is -0.471. The van der Waals surface area contributed by atoms with E-state index in [0.717, 1.165) is 0 Å². The summed E-state index contributed by atoms with van der Waals surface area (Å²) >= 11 is 0. The number of benzene rings is 3. The van der Waals surface area contributed by atoms with Gasteiger partial charge in [-0.2, -0.15) is 0 Å². The number of carbonyl (C=O) groups excluding carboxylic acids is 2. The first-order valence-corrected chi connectivity index (χ1v) is 10.8. The van der Waals surface area contributed by atoms with Crippen molar-refractivity contribution < 1.29 is 23.5 Å². The zero-order valence-corrected chi connectivity index (χ0v) is 19.3. The van der Waals surface area contributed by atoms with Crippen LogP contribution in [0.15, 0.2) is 66.7 Å². The third kappa shape index (κ3) is 5.55. The lowest BCUT2D eigenvalue weighted by Gasteiger charge is -2.23. The van der Waals surface area contributed by atoms with E-state index in [4.69, 9.17) is 9.47 Å². The van der Waals surface area contributed by atoms with E-state index in [-0.39, 0.29) is 19.6 Å². The van der Waals surface area contributed by atoms with Crippen molar-refractivity contribution in [3.05, 3.63) is 78.1 Å². The van der Waals surface area contributed by atoms with Crippen molar-refractivity contribution in [2.24, 2.45) is 0 Å². The number of fused-ring (bicyclic) bond motifs is 1. The maximum absolute atomic E-state index is 14.4. The normalized spacial score (nSPS) is 10.7. The van der Waals surface area contributed by atoms with Crippen LogP contribution in [0.4, 0.5) is 10.1 Å². The average molecular weight is 477 g/mol. The van der Waals surface area contributed by atoms with Gasteiger partial charge in [-0.05, 0) is 30.3 Å². The van der Waals surface area contributed by atoms with E-state index >= 15 is 0 Å². The molecular weight excluding hydrogens is 453 g/mol. The van der Waals surface area contributed by atoms with Gasteiger partial charge >= 0.3 is 0 Å². The number of aromatic nitrogens is 3. The highest BCUT2D eigenvalue weighted by molar-refractivity contribution is 5.96. The molecular formula is C25H24FN5O4. The minimum absolute atomic E-state index is 0.0920. The summed E-state index contributed by atoms with van der Waals surface area (Å²) in [6, 6.07) is 18.3. The summed E-state index contributed by atoms with van der Waals surface area (Å²) in [5, 5.41) is 10.8. The van der Waals surface area contributed by atoms with Crippen molar-refractivity contribution in [1.82, 2.24) is 19.9 Å². The summed E-state index contributed by atoms with van der Waals surface area (Å²) in [6.45, 7) is -0.561. The molecule has 4 aromatic rings. The van der Waals surface area contributed by atoms with Gasteiger partial charge in [-0.15, -0.1) is 5.10 Å². The summed E-state index contributed by atoms with van der Waals surface area (Å²) in [5.74, 6) is -0.383. The zero-order valence-electron chi connectivity index (χ0n) is 19.3. The van der Waals surface area contributed by atoms with Crippen LogP contribution in [-0.4, -0.2) is 52.5 Å². The van der Waals surface area contributed by atoms with Crippen LogP contribution in [0.2, 0.25) is 0 Å². The fourth-order valence-electron chi connectivity index (χ4n) is 3.59. The van der Waals surface area contributed by atoms with Crippen LogP contribution >= 0.6 is 0 Å². The van der Waals surface area contributed by atoms with Crippen LogP contribution in [0.5, 0.6) is 11.5 Å². The van der Waals surface area contributed by atoms with E-state index in [1.807, 2.05) is 12.1 Å². The molecule has 3 aromatic carbocycles. The number of ether oxygens (including phenoxy) is 2. The second-order valence-electron chi connectivity index (χ2n) is 7.69. The van der Waals surface area contributed by atoms with Crippen LogP contribution in [0.25, 0.3) is 11.0 Å². The smallest absolute Gasteiger partial charge is 0.245 e. The number of para-hydroxylation sites is 1. The third-order valence-electron chi connectivity index (χ3n) is 5.39. The summed E-state index contributed by atoms with van der Waals surface area (Å²) < 4.78 is 26.3. The number of hydrogen-bond acceptors (Lipinski definition) is 6. The Morgan fingerprint density at radius 1 is 1.03 bits per heavy atom. The minimum Gasteiger partial charge on any atom is -0.497 e. The fourth-order valence-corrected chi connectivity index (χ4v) is 3.59. The lowest BCUT2D eigenvalue weighted by atomic mass is 10.2. The molecule has 0 atom stereocenters. The lowest BCUT2D eigenvalue weighted by Crippen LogP contribution is -2.39. The Morgan fingerprint density at radius 3 is 2.57 bits per heavy atom. The molecule has 10 heteroatoms. The van der Waals surface area contributed by atoms with Crippen molar-refractivity contribution in [2.45, 2.75) is 13.1 Å². The molecule has 4 rings (SSSR count). The van der Waals surface area contributed by atoms with Gasteiger partial charge in [0.15, 0.2) is 0 Å². The third-order valence-corrected chi connectivity index (χ3v) is 5.39. The van der Waals surface area contributed by atoms with Crippen LogP contribution in [-0.2, 0) is 22.7 Å². The molecule has 0 saturated carbocycles. The highest BCUT2D eigenvalue weighted by Gasteiger charge is 2.21. The van der Waals surface area contributed by atoms with Gasteiger partial charge in [-0.1, -0.05) is 35.5 Å². The number of methoxy groups -OCH3 is 2. The van der Waals surface area contributed by atoms with Gasteiger partial charge in [0.25, 0.3) is 0 Å². The second-order valence-corrected chi connectivity index (χ2v) is 7.69. The quantitative estimate of drug-likeness (QED) is 0.397. The van der Waals surface area contributed by atoms with E-state index in [0.29, 0.717) is 33.8 Å². The summed E-state index contributed by atoms with van der Waals surface area (Å²) in [4.78, 5) is 27.5. The van der Waals surface area contributed by atoms with Crippen molar-refractivity contribution >= 4 is 28.5 Å². The summed E-state index contributed by atoms with van der Waals surface area (Å²) in [6.07, 6.45) is 0. The first-order chi connectivity index (χ1) is 17.0. The SMILES string of the molecule is COc1ccc(NC(=O)CN(Cc2ccccc2F)C(=O)Cn2nnc3ccccc32)c(OC)c1. The van der Waals surface area contributed by atoms with Crippen molar-refractivity contribution in [3.8, 4) is 11.5 Å². The predicted molar refractivity (Wildman–Crippen MR) is 128 cm³/mol. The van der Waals surface area contributed by atoms with Crippen LogP contribution < -0.4 is 14.8 Å². The molecule has 1 N–H and O–H groups in total. The van der Waals surface area contributed by atoms with Gasteiger partial charge < -0.3 is 19.7 Å². The standard InChI is InChI=1S/C25H24FN5O4/c1-34-18-11-12-21(23(13-18)35-2)27-24(32)15-30(14-17-7-3-4-8-19(17)26)25(33)16-31-22-10-6-5-9-20(22)28-29-31/h3-13H,14-16H2,1-2H3,(H,27,32). The number of carbonyl (C=O) groups is 2. The van der Waals surface area contributed by atoms with Gasteiger partial charge in [0, 0.05) is 18.2 Å². The Balaban J connectivity index is 1.55. The maximum atomic E-state index is 14.4. The Morgan fingerprint density at radius 2 is 1.80 bits per heavy atom. The van der Waals surface area contributed by atoms with Gasteiger partial charge in [0.2, 0.25) is 11.8 Å². The molecule has 180 valence electrons. The molecule has 0 saturated heterocycles. The van der Waals surface area contributed by atoms with Crippen molar-refractivity contribution in [2.75, 3.05) is 26.1 Å². The molecule has 0 aliphatic heterocycles. The second kappa shape index (κ2) is 10.6. The molecule has 35 heavy (non-hydrogen) atoms. The maximum Gasteiger partial charge on any atom is 0.245 e. The van der Waals surface area contributed by atoms with Gasteiger partial charge in [-0.25, -0.2) is 9.07 Å². The number of halogens is 1. The molecule has 0 unspecified atom stereocenters. The molecule has 0 aliphatic carbocycles. The number of nitrogens with one attached hydrogen (secondary N) is 1. The molecule has 0 aliphatic rings. The highest BCUT2D eigenvalue weighted by Crippen LogP contribution is 2.29. The van der Waals surface area contributed by atoms with E-state index in [9.17, 15) is 14.0 Å². The number of rotatable bonds is 9. The van der Waals surface area contributed by atoms with Crippen LogP contribution in [0, 0.1) is 5.82 Å². The molecule has 0 fully saturated rings. The predicted octanol–water partition coefficient (Wildman–Crippen LogP) is 3.26. The lowest BCUT2D eigenvalue weighted by molar-refractivity contribution is -0.136. The Bertz CT molecular complexity index is 1360. The van der Waals surface area contributed by atoms with Gasteiger partial charge in [-0.3, -0.25) is 9.59 Å². The molecule has 2 amide bonds. The molecule has 1 aromatic heterocycles. The Labute approximate surface area is 201 Å². The Hall–Kier alpha value is -4.47. The topological polar surface area (TPSA) is 98.6 Å². The summed E-state index contributed by atoms with van der Waals surface area (Å²) in [5.41, 5.74) is 2.03. The zero-order chi connectivity index (χ0) is 24.8. The van der Waals surface area contributed by atoms with E-state index in [1.165, 1.54) is 29.9 Å². The number of anilines is 1. The highest BCUT2D eigenvalue weighted by atomic mass is 19.1. The first-order valence-electron chi connectivity index (χ1n) is 10.8. The number of nitrogens with zero attached hydrogens (tertiary/aromatic N) is 4. The molecule has 0 radical (unpaired) electrons. The molecule has 0 bridgehead atoms. The fraction of sp³-hybridized carbons (Fsp3) is 0.200. The van der Waals surface area contributed by atoms with Crippen molar-refractivity contribution in [3.63, 3.8) is 0 Å². The molecule has 0 spiro atoms. The van der Waals surface area contributed by atoms with E-state index in [1.54, 1.807) is 48.5 Å². The molecule has 1 heterocycles. The monoisotopic (exact) mass is 477 g/mol. The van der Waals surface area contributed by atoms with E-state index in [2.05, 4.69) is 15.6 Å². The first kappa shape index (κ1) is 23.7. The van der Waals surface area contributed by atoms with E-state index < -0.39 is 17.6 Å². The summed E-state index contributed by atoms with van der Waals surface area (Å²) in [7, 11) is 3.00. The number of hydrogen-bond donors (Lipinski definition) is 1. The van der Waals surface area contributed by atoms with Gasteiger partial charge in [0.1, 0.15) is 35.9 Å². The average Bonchev–Trinajstić information content (AvgIpc) is 3.27. The largest absolute Gasteiger partial charge is 0.497 e. The van der Waals surface area contributed by atoms with Crippen LogP contribution in [0.3, 0.4) is 0 Å². The van der Waals surface area contributed by atoms with Crippen LogP contribution in [0.1, 0.15) is 5.56 Å².